The molecule has 1 aliphatic rings. The zero-order valence-corrected chi connectivity index (χ0v) is 11.6. The summed E-state index contributed by atoms with van der Waals surface area (Å²) in [6.45, 7) is 3.50. The number of rotatable bonds is 3. The van der Waals surface area contributed by atoms with E-state index in [1.54, 1.807) is 38.1 Å². The van der Waals surface area contributed by atoms with Gasteiger partial charge in [0.15, 0.2) is 0 Å². The van der Waals surface area contributed by atoms with Crippen LogP contribution in [-0.4, -0.2) is 35.5 Å². The van der Waals surface area contributed by atoms with Gasteiger partial charge in [0.05, 0.1) is 19.2 Å². The molecular formula is C14H16N2O4. The SMILES string of the molecule is COC(=O)c1ccc(CN2C(=O)NC(C)(C)C2=O)cc1. The summed E-state index contributed by atoms with van der Waals surface area (Å²) in [4.78, 5) is 36.2. The molecule has 1 saturated heterocycles. The summed E-state index contributed by atoms with van der Waals surface area (Å²) in [6, 6.07) is 6.18. The Morgan fingerprint density at radius 1 is 1.25 bits per heavy atom. The van der Waals surface area contributed by atoms with Crippen LogP contribution in [0.1, 0.15) is 29.8 Å². The number of ether oxygens (including phenoxy) is 1. The second-order valence-corrected chi connectivity index (χ2v) is 5.13. The van der Waals surface area contributed by atoms with Gasteiger partial charge in [-0.2, -0.15) is 0 Å². The lowest BCUT2D eigenvalue weighted by atomic mass is 10.1. The minimum atomic E-state index is -0.872. The van der Waals surface area contributed by atoms with E-state index >= 15 is 0 Å². The van der Waals surface area contributed by atoms with Gasteiger partial charge >= 0.3 is 12.0 Å². The molecule has 1 aromatic carbocycles. The highest BCUT2D eigenvalue weighted by molar-refractivity contribution is 6.06. The third-order valence-electron chi connectivity index (χ3n) is 3.16. The molecule has 1 aromatic rings. The van der Waals surface area contributed by atoms with Crippen LogP contribution in [0.2, 0.25) is 0 Å². The normalized spacial score (nSPS) is 17.1. The van der Waals surface area contributed by atoms with E-state index in [1.165, 1.54) is 7.11 Å². The first-order valence-electron chi connectivity index (χ1n) is 6.16. The summed E-state index contributed by atoms with van der Waals surface area (Å²) in [5.74, 6) is -0.688. The number of carbonyl (C=O) groups is 3. The third-order valence-corrected chi connectivity index (χ3v) is 3.16. The smallest absolute Gasteiger partial charge is 0.337 e. The topological polar surface area (TPSA) is 75.7 Å². The maximum atomic E-state index is 12.0. The van der Waals surface area contributed by atoms with Crippen LogP contribution in [-0.2, 0) is 16.1 Å². The Labute approximate surface area is 116 Å². The van der Waals surface area contributed by atoms with E-state index in [0.717, 1.165) is 10.5 Å². The maximum Gasteiger partial charge on any atom is 0.337 e. The molecule has 6 nitrogen and oxygen atoms in total. The predicted molar refractivity (Wildman–Crippen MR) is 70.9 cm³/mol. The standard InChI is InChI=1S/C14H16N2O4/c1-14(2)12(18)16(13(19)15-14)8-9-4-6-10(7-5-9)11(17)20-3/h4-7H,8H2,1-3H3,(H,15,19). The van der Waals surface area contributed by atoms with Gasteiger partial charge in [-0.05, 0) is 31.5 Å². The first-order valence-corrected chi connectivity index (χ1v) is 6.16. The fraction of sp³-hybridized carbons (Fsp3) is 0.357. The van der Waals surface area contributed by atoms with Gasteiger partial charge in [0.1, 0.15) is 5.54 Å². The molecule has 3 amide bonds. The van der Waals surface area contributed by atoms with Gasteiger partial charge in [0.2, 0.25) is 0 Å². The number of hydrogen-bond donors (Lipinski definition) is 1. The van der Waals surface area contributed by atoms with Crippen molar-refractivity contribution in [2.24, 2.45) is 0 Å². The van der Waals surface area contributed by atoms with Crippen LogP contribution >= 0.6 is 0 Å². The third kappa shape index (κ3) is 2.49. The second kappa shape index (κ2) is 4.96. The first-order chi connectivity index (χ1) is 9.35. The maximum absolute atomic E-state index is 12.0. The first kappa shape index (κ1) is 14.0. The lowest BCUT2D eigenvalue weighted by molar-refractivity contribution is -0.130. The van der Waals surface area contributed by atoms with Crippen LogP contribution in [0, 0.1) is 0 Å². The molecule has 1 N–H and O–H groups in total. The minimum Gasteiger partial charge on any atom is -0.465 e. The molecule has 0 bridgehead atoms. The van der Waals surface area contributed by atoms with Crippen molar-refractivity contribution in [1.29, 1.82) is 0 Å². The molecule has 0 aliphatic carbocycles. The summed E-state index contributed by atoms with van der Waals surface area (Å²) in [6.07, 6.45) is 0. The number of carbonyl (C=O) groups excluding carboxylic acids is 3. The number of nitrogens with one attached hydrogen (secondary N) is 1. The molecule has 0 radical (unpaired) electrons. The molecule has 0 spiro atoms. The summed E-state index contributed by atoms with van der Waals surface area (Å²) in [7, 11) is 1.31. The molecule has 1 heterocycles. The minimum absolute atomic E-state index is 0.176. The Balaban J connectivity index is 2.13. The molecule has 2 rings (SSSR count). The van der Waals surface area contributed by atoms with E-state index in [4.69, 9.17) is 0 Å². The quantitative estimate of drug-likeness (QED) is 0.667. The van der Waals surface area contributed by atoms with Crippen molar-refractivity contribution in [3.8, 4) is 0 Å². The van der Waals surface area contributed by atoms with Crippen molar-refractivity contribution >= 4 is 17.9 Å². The summed E-state index contributed by atoms with van der Waals surface area (Å²) < 4.78 is 4.60. The lowest BCUT2D eigenvalue weighted by Gasteiger charge is -2.16. The largest absolute Gasteiger partial charge is 0.465 e. The van der Waals surface area contributed by atoms with Crippen molar-refractivity contribution in [2.45, 2.75) is 25.9 Å². The van der Waals surface area contributed by atoms with E-state index in [9.17, 15) is 14.4 Å². The molecule has 1 aliphatic heterocycles. The average Bonchev–Trinajstić information content (AvgIpc) is 2.61. The molecule has 1 fully saturated rings. The highest BCUT2D eigenvalue weighted by Crippen LogP contribution is 2.19. The van der Waals surface area contributed by atoms with Gasteiger partial charge in [-0.15, -0.1) is 0 Å². The average molecular weight is 276 g/mol. The van der Waals surface area contributed by atoms with Crippen LogP contribution in [0.15, 0.2) is 24.3 Å². The molecule has 0 saturated carbocycles. The number of nitrogens with zero attached hydrogens (tertiary/aromatic N) is 1. The van der Waals surface area contributed by atoms with Crippen molar-refractivity contribution in [1.82, 2.24) is 10.2 Å². The van der Waals surface area contributed by atoms with Crippen LogP contribution in [0.3, 0.4) is 0 Å². The van der Waals surface area contributed by atoms with Gasteiger partial charge in [-0.1, -0.05) is 12.1 Å². The fourth-order valence-corrected chi connectivity index (χ4v) is 2.01. The van der Waals surface area contributed by atoms with Crippen LogP contribution in [0.25, 0.3) is 0 Å². The molecule has 0 atom stereocenters. The molecular weight excluding hydrogens is 260 g/mol. The Bertz CT molecular complexity index is 563. The van der Waals surface area contributed by atoms with E-state index in [-0.39, 0.29) is 12.5 Å². The number of hydrogen-bond acceptors (Lipinski definition) is 4. The zero-order valence-electron chi connectivity index (χ0n) is 11.6. The molecule has 20 heavy (non-hydrogen) atoms. The Hall–Kier alpha value is -2.37. The zero-order chi connectivity index (χ0) is 14.9. The van der Waals surface area contributed by atoms with Crippen molar-refractivity contribution in [3.63, 3.8) is 0 Å². The van der Waals surface area contributed by atoms with Gasteiger partial charge in [-0.3, -0.25) is 9.69 Å². The fourth-order valence-electron chi connectivity index (χ4n) is 2.01. The summed E-state index contributed by atoms with van der Waals surface area (Å²) in [5.41, 5.74) is 0.316. The Morgan fingerprint density at radius 3 is 2.30 bits per heavy atom. The number of esters is 1. The van der Waals surface area contributed by atoms with Crippen LogP contribution in [0.5, 0.6) is 0 Å². The van der Waals surface area contributed by atoms with Crippen LogP contribution < -0.4 is 5.32 Å². The molecule has 0 aromatic heterocycles. The monoisotopic (exact) mass is 276 g/mol. The summed E-state index contributed by atoms with van der Waals surface area (Å²) in [5, 5.41) is 2.62. The van der Waals surface area contributed by atoms with E-state index in [2.05, 4.69) is 10.1 Å². The van der Waals surface area contributed by atoms with Gasteiger partial charge in [0.25, 0.3) is 5.91 Å². The number of urea groups is 1. The summed E-state index contributed by atoms with van der Waals surface area (Å²) >= 11 is 0. The number of imide groups is 1. The molecule has 0 unspecified atom stereocenters. The van der Waals surface area contributed by atoms with Crippen molar-refractivity contribution in [3.05, 3.63) is 35.4 Å². The van der Waals surface area contributed by atoms with Crippen molar-refractivity contribution in [2.75, 3.05) is 7.11 Å². The van der Waals surface area contributed by atoms with Gasteiger partial charge < -0.3 is 10.1 Å². The van der Waals surface area contributed by atoms with E-state index in [1.807, 2.05) is 0 Å². The number of amides is 3. The second-order valence-electron chi connectivity index (χ2n) is 5.13. The van der Waals surface area contributed by atoms with Gasteiger partial charge in [-0.25, -0.2) is 9.59 Å². The highest BCUT2D eigenvalue weighted by atomic mass is 16.5. The van der Waals surface area contributed by atoms with E-state index < -0.39 is 17.5 Å². The number of methoxy groups -OCH3 is 1. The Morgan fingerprint density at radius 2 is 1.85 bits per heavy atom. The van der Waals surface area contributed by atoms with Gasteiger partial charge in [0, 0.05) is 0 Å². The van der Waals surface area contributed by atoms with Crippen LogP contribution in [0.4, 0.5) is 4.79 Å². The van der Waals surface area contributed by atoms with Crippen molar-refractivity contribution < 1.29 is 19.1 Å². The van der Waals surface area contributed by atoms with E-state index in [0.29, 0.717) is 5.56 Å². The highest BCUT2D eigenvalue weighted by Gasteiger charge is 2.43. The lowest BCUT2D eigenvalue weighted by Crippen LogP contribution is -2.40. The molecule has 6 heteroatoms. The predicted octanol–water partition coefficient (Wildman–Crippen LogP) is 1.30. The Kier molecular flexibility index (Phi) is 3.48. The number of benzene rings is 1. The molecule has 106 valence electrons.